The molecule has 0 saturated heterocycles. The van der Waals surface area contributed by atoms with Gasteiger partial charge in [-0.1, -0.05) is 38.1 Å². The van der Waals surface area contributed by atoms with Gasteiger partial charge in [-0.05, 0) is 42.2 Å². The molecule has 8 heteroatoms. The zero-order valence-electron chi connectivity index (χ0n) is 15.9. The molecule has 1 heterocycles. The topological polar surface area (TPSA) is 49.8 Å². The van der Waals surface area contributed by atoms with E-state index < -0.39 is 23.4 Å². The van der Waals surface area contributed by atoms with Gasteiger partial charge >= 0.3 is 6.18 Å². The van der Waals surface area contributed by atoms with Gasteiger partial charge in [0.1, 0.15) is 17.2 Å². The van der Waals surface area contributed by atoms with E-state index in [-0.39, 0.29) is 11.6 Å². The van der Waals surface area contributed by atoms with Crippen molar-refractivity contribution in [2.75, 3.05) is 10.6 Å². The summed E-state index contributed by atoms with van der Waals surface area (Å²) >= 11 is 0. The Labute approximate surface area is 166 Å². The molecule has 4 nitrogen and oxygen atoms in total. The van der Waals surface area contributed by atoms with Gasteiger partial charge in [-0.15, -0.1) is 0 Å². The van der Waals surface area contributed by atoms with E-state index >= 15 is 0 Å². The molecule has 3 rings (SSSR count). The zero-order valence-corrected chi connectivity index (χ0v) is 15.9. The predicted octanol–water partition coefficient (Wildman–Crippen LogP) is 6.32. The third kappa shape index (κ3) is 5.43. The highest BCUT2D eigenvalue weighted by Gasteiger charge is 2.35. The first-order valence-electron chi connectivity index (χ1n) is 9.04. The Kier molecular flexibility index (Phi) is 6.00. The van der Waals surface area contributed by atoms with E-state index in [0.717, 1.165) is 18.1 Å². The summed E-state index contributed by atoms with van der Waals surface area (Å²) in [7, 11) is 0. The zero-order chi connectivity index (χ0) is 21.0. The van der Waals surface area contributed by atoms with Gasteiger partial charge in [0.2, 0.25) is 5.95 Å². The largest absolute Gasteiger partial charge is 0.421 e. The Balaban J connectivity index is 1.87. The van der Waals surface area contributed by atoms with Crippen LogP contribution < -0.4 is 10.6 Å². The van der Waals surface area contributed by atoms with Crippen molar-refractivity contribution in [3.8, 4) is 0 Å². The molecule has 0 bridgehead atoms. The average molecular weight is 404 g/mol. The lowest BCUT2D eigenvalue weighted by Crippen LogP contribution is -2.13. The third-order valence-corrected chi connectivity index (χ3v) is 4.08. The molecular weight excluding hydrogens is 384 g/mol. The molecule has 0 saturated carbocycles. The Morgan fingerprint density at radius 2 is 1.66 bits per heavy atom. The van der Waals surface area contributed by atoms with Crippen LogP contribution in [-0.4, -0.2) is 9.97 Å². The number of halogens is 4. The molecule has 0 aliphatic rings. The van der Waals surface area contributed by atoms with Gasteiger partial charge < -0.3 is 10.6 Å². The highest BCUT2D eigenvalue weighted by atomic mass is 19.4. The van der Waals surface area contributed by atoms with E-state index in [1.807, 2.05) is 24.3 Å². The van der Waals surface area contributed by atoms with Crippen molar-refractivity contribution >= 4 is 23.1 Å². The number of hydrogen-bond acceptors (Lipinski definition) is 4. The van der Waals surface area contributed by atoms with E-state index in [1.165, 1.54) is 18.2 Å². The molecule has 0 atom stereocenters. The van der Waals surface area contributed by atoms with Crippen LogP contribution in [0.1, 0.15) is 25.0 Å². The Hall–Kier alpha value is -3.16. The van der Waals surface area contributed by atoms with Gasteiger partial charge in [0.25, 0.3) is 0 Å². The van der Waals surface area contributed by atoms with Crippen LogP contribution in [-0.2, 0) is 12.6 Å². The Morgan fingerprint density at radius 3 is 2.28 bits per heavy atom. The molecule has 29 heavy (non-hydrogen) atoms. The molecule has 0 aliphatic carbocycles. The normalized spacial score (nSPS) is 11.6. The molecule has 0 aliphatic heterocycles. The highest BCUT2D eigenvalue weighted by Crippen LogP contribution is 2.35. The second-order valence-corrected chi connectivity index (χ2v) is 6.98. The van der Waals surface area contributed by atoms with Crippen LogP contribution in [0.4, 0.5) is 40.7 Å². The standard InChI is InChI=1S/C21H20F4N4/c1-13(2)11-14-7-9-15(10-8-14)27-20-26-12-16(21(23,24)25)19(29-20)28-18-6-4-3-5-17(18)22/h3-10,12-13H,11H2,1-2H3,(H2,26,27,28,29). The maximum absolute atomic E-state index is 13.9. The molecule has 2 N–H and O–H groups in total. The molecule has 0 fully saturated rings. The lowest BCUT2D eigenvalue weighted by molar-refractivity contribution is -0.137. The number of rotatable bonds is 6. The van der Waals surface area contributed by atoms with E-state index in [4.69, 9.17) is 0 Å². The predicted molar refractivity (Wildman–Crippen MR) is 105 cm³/mol. The van der Waals surface area contributed by atoms with Crippen LogP contribution in [0.15, 0.2) is 54.7 Å². The van der Waals surface area contributed by atoms with Gasteiger partial charge in [0.05, 0.1) is 5.69 Å². The summed E-state index contributed by atoms with van der Waals surface area (Å²) < 4.78 is 53.9. The summed E-state index contributed by atoms with van der Waals surface area (Å²) in [5.41, 5.74) is 0.592. The number of benzene rings is 2. The fraction of sp³-hybridized carbons (Fsp3) is 0.238. The van der Waals surface area contributed by atoms with Gasteiger partial charge in [-0.3, -0.25) is 0 Å². The van der Waals surface area contributed by atoms with Gasteiger partial charge in [0, 0.05) is 11.9 Å². The Morgan fingerprint density at radius 1 is 0.966 bits per heavy atom. The molecule has 3 aromatic rings. The minimum atomic E-state index is -4.69. The quantitative estimate of drug-likeness (QED) is 0.472. The molecule has 2 aromatic carbocycles. The summed E-state index contributed by atoms with van der Waals surface area (Å²) in [6.07, 6.45) is -3.09. The van der Waals surface area contributed by atoms with E-state index in [9.17, 15) is 17.6 Å². The third-order valence-electron chi connectivity index (χ3n) is 4.08. The fourth-order valence-corrected chi connectivity index (χ4v) is 2.76. The van der Waals surface area contributed by atoms with Crippen LogP contribution in [0.25, 0.3) is 0 Å². The van der Waals surface area contributed by atoms with Crippen LogP contribution in [0.3, 0.4) is 0 Å². The van der Waals surface area contributed by atoms with Crippen LogP contribution in [0.2, 0.25) is 0 Å². The van der Waals surface area contributed by atoms with Gasteiger partial charge in [-0.25, -0.2) is 9.37 Å². The second-order valence-electron chi connectivity index (χ2n) is 6.98. The van der Waals surface area contributed by atoms with Crippen molar-refractivity contribution in [3.05, 3.63) is 71.7 Å². The maximum Gasteiger partial charge on any atom is 0.421 e. The number of aromatic nitrogens is 2. The highest BCUT2D eigenvalue weighted by molar-refractivity contribution is 5.63. The van der Waals surface area contributed by atoms with E-state index in [2.05, 4.69) is 34.4 Å². The summed E-state index contributed by atoms with van der Waals surface area (Å²) in [5, 5.41) is 5.30. The van der Waals surface area contributed by atoms with Crippen LogP contribution in [0.5, 0.6) is 0 Å². The first-order valence-corrected chi connectivity index (χ1v) is 9.04. The summed E-state index contributed by atoms with van der Waals surface area (Å²) in [5.74, 6) is -0.737. The fourth-order valence-electron chi connectivity index (χ4n) is 2.76. The minimum Gasteiger partial charge on any atom is -0.337 e. The first-order chi connectivity index (χ1) is 13.7. The number of hydrogen-bond donors (Lipinski definition) is 2. The van der Waals surface area contributed by atoms with Crippen molar-refractivity contribution in [3.63, 3.8) is 0 Å². The van der Waals surface area contributed by atoms with Crippen LogP contribution in [0, 0.1) is 11.7 Å². The maximum atomic E-state index is 13.9. The Bertz CT molecular complexity index is 969. The SMILES string of the molecule is CC(C)Cc1ccc(Nc2ncc(C(F)(F)F)c(Nc3ccccc3F)n2)cc1. The summed E-state index contributed by atoms with van der Waals surface area (Å²) in [6.45, 7) is 4.23. The first kappa shape index (κ1) is 20.6. The molecular formula is C21H20F4N4. The number of para-hydroxylation sites is 1. The van der Waals surface area contributed by atoms with Gasteiger partial charge in [0.15, 0.2) is 0 Å². The smallest absolute Gasteiger partial charge is 0.337 e. The number of anilines is 4. The molecule has 0 amide bonds. The van der Waals surface area contributed by atoms with Crippen molar-refractivity contribution < 1.29 is 17.6 Å². The van der Waals surface area contributed by atoms with E-state index in [1.54, 1.807) is 0 Å². The lowest BCUT2D eigenvalue weighted by atomic mass is 10.0. The summed E-state index contributed by atoms with van der Waals surface area (Å²) in [6, 6.07) is 12.9. The summed E-state index contributed by atoms with van der Waals surface area (Å²) in [4.78, 5) is 7.68. The molecule has 0 unspecified atom stereocenters. The monoisotopic (exact) mass is 404 g/mol. The van der Waals surface area contributed by atoms with Crippen molar-refractivity contribution in [1.82, 2.24) is 9.97 Å². The number of nitrogens with zero attached hydrogens (tertiary/aromatic N) is 2. The van der Waals surface area contributed by atoms with Gasteiger partial charge in [-0.2, -0.15) is 18.2 Å². The number of nitrogens with one attached hydrogen (secondary N) is 2. The van der Waals surface area contributed by atoms with Crippen molar-refractivity contribution in [2.45, 2.75) is 26.4 Å². The second kappa shape index (κ2) is 8.46. The molecule has 0 spiro atoms. The number of alkyl halides is 3. The van der Waals surface area contributed by atoms with Crippen LogP contribution >= 0.6 is 0 Å². The van der Waals surface area contributed by atoms with E-state index in [0.29, 0.717) is 17.8 Å². The van der Waals surface area contributed by atoms with Crippen molar-refractivity contribution in [1.29, 1.82) is 0 Å². The minimum absolute atomic E-state index is 0.0338. The molecule has 0 radical (unpaired) electrons. The molecule has 152 valence electrons. The molecule has 1 aromatic heterocycles. The lowest BCUT2D eigenvalue weighted by Gasteiger charge is -2.15. The van der Waals surface area contributed by atoms with Crippen molar-refractivity contribution in [2.24, 2.45) is 5.92 Å². The average Bonchev–Trinajstić information content (AvgIpc) is 2.64.